The summed E-state index contributed by atoms with van der Waals surface area (Å²) in [7, 11) is 0. The van der Waals surface area contributed by atoms with Crippen molar-refractivity contribution in [3.63, 3.8) is 0 Å². The zero-order valence-electron chi connectivity index (χ0n) is 12.4. The van der Waals surface area contributed by atoms with Gasteiger partial charge in [0.05, 0.1) is 6.54 Å². The number of aryl methyl sites for hydroxylation is 1. The number of benzene rings is 1. The van der Waals surface area contributed by atoms with Gasteiger partial charge >= 0.3 is 0 Å². The number of amides is 1. The fourth-order valence-corrected chi connectivity index (χ4v) is 3.05. The fourth-order valence-electron chi connectivity index (χ4n) is 3.05. The van der Waals surface area contributed by atoms with E-state index in [1.54, 1.807) is 6.07 Å². The second-order valence-electron chi connectivity index (χ2n) is 5.66. The summed E-state index contributed by atoms with van der Waals surface area (Å²) in [4.78, 5) is 17.5. The van der Waals surface area contributed by atoms with Crippen molar-refractivity contribution in [1.82, 2.24) is 30.1 Å². The molecule has 23 heavy (non-hydrogen) atoms. The predicted octanol–water partition coefficient (Wildman–Crippen LogP) is 1.27. The van der Waals surface area contributed by atoms with Crippen molar-refractivity contribution < 1.29 is 9.18 Å². The molecule has 3 heterocycles. The lowest BCUT2D eigenvalue weighted by molar-refractivity contribution is -0.132. The van der Waals surface area contributed by atoms with Crippen molar-refractivity contribution in [1.29, 1.82) is 0 Å². The normalized spacial score (nSPS) is 14.2. The van der Waals surface area contributed by atoms with E-state index >= 15 is 0 Å². The highest BCUT2D eigenvalue weighted by molar-refractivity contribution is 5.86. The molecule has 4 rings (SSSR count). The summed E-state index contributed by atoms with van der Waals surface area (Å²) in [5, 5.41) is 11.7. The number of hydrogen-bond donors (Lipinski definition) is 1. The number of nitrogens with zero attached hydrogens (tertiary/aromatic N) is 5. The highest BCUT2D eigenvalue weighted by Gasteiger charge is 2.24. The van der Waals surface area contributed by atoms with Gasteiger partial charge in [0.2, 0.25) is 5.91 Å². The summed E-state index contributed by atoms with van der Waals surface area (Å²) >= 11 is 0. The van der Waals surface area contributed by atoms with Crippen molar-refractivity contribution in [2.24, 2.45) is 0 Å². The van der Waals surface area contributed by atoms with E-state index in [9.17, 15) is 9.18 Å². The van der Waals surface area contributed by atoms with Crippen molar-refractivity contribution in [2.75, 3.05) is 6.54 Å². The lowest BCUT2D eigenvalue weighted by atomic mass is 10.0. The first-order valence-electron chi connectivity index (χ1n) is 7.48. The van der Waals surface area contributed by atoms with Crippen LogP contribution >= 0.6 is 0 Å². The topological polar surface area (TPSA) is 79.7 Å². The van der Waals surface area contributed by atoms with Gasteiger partial charge in [-0.2, -0.15) is 0 Å². The monoisotopic (exact) mass is 314 g/mol. The van der Waals surface area contributed by atoms with Crippen LogP contribution in [0.4, 0.5) is 4.39 Å². The van der Waals surface area contributed by atoms with Gasteiger partial charge in [-0.1, -0.05) is 0 Å². The first kappa shape index (κ1) is 13.9. The zero-order valence-corrected chi connectivity index (χ0v) is 12.4. The number of aromatic amines is 1. The molecule has 1 aromatic carbocycles. The molecule has 2 aromatic heterocycles. The Morgan fingerprint density at radius 3 is 3.13 bits per heavy atom. The Bertz CT molecular complexity index is 856. The third-order valence-corrected chi connectivity index (χ3v) is 4.24. The second-order valence-corrected chi connectivity index (χ2v) is 5.66. The van der Waals surface area contributed by atoms with Gasteiger partial charge in [-0.3, -0.25) is 4.79 Å². The van der Waals surface area contributed by atoms with E-state index < -0.39 is 0 Å². The summed E-state index contributed by atoms with van der Waals surface area (Å²) in [6.07, 6.45) is 2.59. The minimum absolute atomic E-state index is 0.0527. The molecule has 0 saturated heterocycles. The Balaban J connectivity index is 1.52. The van der Waals surface area contributed by atoms with Crippen molar-refractivity contribution in [3.8, 4) is 0 Å². The van der Waals surface area contributed by atoms with E-state index in [2.05, 4.69) is 20.5 Å². The molecule has 0 bridgehead atoms. The molecule has 118 valence electrons. The van der Waals surface area contributed by atoms with Crippen LogP contribution in [0.1, 0.15) is 17.7 Å². The number of halogens is 1. The largest absolute Gasteiger partial charge is 0.358 e. The van der Waals surface area contributed by atoms with Crippen molar-refractivity contribution >= 4 is 16.8 Å². The smallest absolute Gasteiger partial charge is 0.224 e. The minimum atomic E-state index is -0.263. The SMILES string of the molecule is O=C(CCn1cnnn1)N1CCc2[nH]c3ccc(F)cc3c2C1. The summed E-state index contributed by atoms with van der Waals surface area (Å²) in [6, 6.07) is 4.71. The molecule has 0 aliphatic carbocycles. The predicted molar refractivity (Wildman–Crippen MR) is 79.8 cm³/mol. The molecule has 1 N–H and O–H groups in total. The van der Waals surface area contributed by atoms with Gasteiger partial charge in [-0.25, -0.2) is 9.07 Å². The van der Waals surface area contributed by atoms with E-state index in [0.29, 0.717) is 26.1 Å². The molecular weight excluding hydrogens is 299 g/mol. The molecule has 0 atom stereocenters. The van der Waals surface area contributed by atoms with Crippen LogP contribution in [0.5, 0.6) is 0 Å². The fraction of sp³-hybridized carbons (Fsp3) is 0.333. The Morgan fingerprint density at radius 1 is 1.39 bits per heavy atom. The van der Waals surface area contributed by atoms with Crippen LogP contribution in [-0.2, 0) is 24.3 Å². The molecule has 1 amide bonds. The third-order valence-electron chi connectivity index (χ3n) is 4.24. The van der Waals surface area contributed by atoms with Gasteiger partial charge in [0.25, 0.3) is 0 Å². The van der Waals surface area contributed by atoms with Crippen LogP contribution in [-0.4, -0.2) is 42.5 Å². The maximum atomic E-state index is 13.5. The van der Waals surface area contributed by atoms with E-state index in [0.717, 1.165) is 28.6 Å². The maximum absolute atomic E-state index is 13.5. The molecule has 1 aliphatic heterocycles. The Morgan fingerprint density at radius 2 is 2.30 bits per heavy atom. The van der Waals surface area contributed by atoms with Crippen LogP contribution in [0.25, 0.3) is 10.9 Å². The van der Waals surface area contributed by atoms with Crippen LogP contribution in [0.2, 0.25) is 0 Å². The molecule has 0 spiro atoms. The molecule has 8 heteroatoms. The minimum Gasteiger partial charge on any atom is -0.358 e. The van der Waals surface area contributed by atoms with Crippen LogP contribution in [0.3, 0.4) is 0 Å². The first-order chi connectivity index (χ1) is 11.2. The van der Waals surface area contributed by atoms with Crippen LogP contribution in [0, 0.1) is 5.82 Å². The first-order valence-corrected chi connectivity index (χ1v) is 7.48. The molecule has 3 aromatic rings. The molecular formula is C15H15FN6O. The molecule has 0 saturated carbocycles. The van der Waals surface area contributed by atoms with Crippen LogP contribution in [0.15, 0.2) is 24.5 Å². The Kier molecular flexibility index (Phi) is 3.29. The van der Waals surface area contributed by atoms with Crippen LogP contribution < -0.4 is 0 Å². The number of nitrogens with one attached hydrogen (secondary N) is 1. The van der Waals surface area contributed by atoms with Gasteiger partial charge < -0.3 is 9.88 Å². The van der Waals surface area contributed by atoms with Gasteiger partial charge in [0.15, 0.2) is 0 Å². The van der Waals surface area contributed by atoms with E-state index in [4.69, 9.17) is 0 Å². The Hall–Kier alpha value is -2.77. The van der Waals surface area contributed by atoms with Gasteiger partial charge in [0.1, 0.15) is 12.1 Å². The molecule has 0 radical (unpaired) electrons. The number of tetrazole rings is 1. The van der Waals surface area contributed by atoms with Gasteiger partial charge in [0, 0.05) is 48.1 Å². The highest BCUT2D eigenvalue weighted by Crippen LogP contribution is 2.28. The average molecular weight is 314 g/mol. The zero-order chi connectivity index (χ0) is 15.8. The number of carbonyl (C=O) groups excluding carboxylic acids is 1. The van der Waals surface area contributed by atoms with Gasteiger partial charge in [-0.15, -0.1) is 5.10 Å². The van der Waals surface area contributed by atoms with E-state index in [1.165, 1.54) is 23.1 Å². The molecule has 1 aliphatic rings. The summed E-state index contributed by atoms with van der Waals surface area (Å²) in [6.45, 7) is 1.63. The number of aromatic nitrogens is 5. The second kappa shape index (κ2) is 5.45. The Labute approximate surface area is 131 Å². The number of rotatable bonds is 3. The number of H-pyrrole nitrogens is 1. The maximum Gasteiger partial charge on any atom is 0.224 e. The van der Waals surface area contributed by atoms with Gasteiger partial charge in [-0.05, 0) is 28.6 Å². The van der Waals surface area contributed by atoms with E-state index in [-0.39, 0.29) is 11.7 Å². The lowest BCUT2D eigenvalue weighted by Gasteiger charge is -2.27. The summed E-state index contributed by atoms with van der Waals surface area (Å²) < 4.78 is 15.0. The third kappa shape index (κ3) is 2.56. The number of fused-ring (bicyclic) bond motifs is 3. The number of hydrogen-bond acceptors (Lipinski definition) is 4. The molecule has 7 nitrogen and oxygen atoms in total. The number of carbonyl (C=O) groups is 1. The van der Waals surface area contributed by atoms with Crippen molar-refractivity contribution in [3.05, 3.63) is 41.6 Å². The van der Waals surface area contributed by atoms with E-state index in [1.807, 2.05) is 4.90 Å². The summed E-state index contributed by atoms with van der Waals surface area (Å²) in [5.41, 5.74) is 3.02. The highest BCUT2D eigenvalue weighted by atomic mass is 19.1. The molecule has 0 unspecified atom stereocenters. The lowest BCUT2D eigenvalue weighted by Crippen LogP contribution is -2.36. The summed E-state index contributed by atoms with van der Waals surface area (Å²) in [5.74, 6) is -0.210. The quantitative estimate of drug-likeness (QED) is 0.789. The molecule has 0 fully saturated rings. The van der Waals surface area contributed by atoms with Crippen molar-refractivity contribution in [2.45, 2.75) is 25.9 Å². The average Bonchev–Trinajstić information content (AvgIpc) is 3.19. The standard InChI is InChI=1S/C15H15FN6O/c16-10-1-2-13-11(7-10)12-8-21(5-3-14(12)18-13)15(23)4-6-22-9-17-19-20-22/h1-2,7,9,18H,3-6,8H2.